The molecule has 5 heteroatoms. The van der Waals surface area contributed by atoms with Gasteiger partial charge in [0, 0.05) is 6.54 Å². The first-order chi connectivity index (χ1) is 8.65. The van der Waals surface area contributed by atoms with Crippen LogP contribution >= 0.6 is 11.6 Å². The van der Waals surface area contributed by atoms with Crippen molar-refractivity contribution in [3.05, 3.63) is 34.6 Å². The molecule has 1 amide bonds. The van der Waals surface area contributed by atoms with Crippen molar-refractivity contribution in [1.82, 2.24) is 4.90 Å². The Bertz CT molecular complexity index is 512. The summed E-state index contributed by atoms with van der Waals surface area (Å²) in [6.45, 7) is 0.518. The van der Waals surface area contributed by atoms with Gasteiger partial charge in [0.2, 0.25) is 0 Å². The predicted octanol–water partition coefficient (Wildman–Crippen LogP) is 3.00. The van der Waals surface area contributed by atoms with Crippen molar-refractivity contribution >= 4 is 17.5 Å². The number of benzene rings is 1. The first-order valence-corrected chi connectivity index (χ1v) is 6.17. The van der Waals surface area contributed by atoms with Crippen molar-refractivity contribution in [2.75, 3.05) is 6.54 Å². The van der Waals surface area contributed by atoms with E-state index < -0.39 is 11.9 Å². The van der Waals surface area contributed by atoms with Crippen LogP contribution in [0.1, 0.15) is 29.6 Å². The lowest BCUT2D eigenvalue weighted by Crippen LogP contribution is -2.43. The first kappa shape index (κ1) is 12.8. The van der Waals surface area contributed by atoms with Crippen molar-refractivity contribution in [2.45, 2.75) is 25.3 Å². The Morgan fingerprint density at radius 1 is 1.50 bits per heavy atom. The van der Waals surface area contributed by atoms with Crippen LogP contribution in [0.3, 0.4) is 0 Å². The van der Waals surface area contributed by atoms with E-state index in [1.165, 1.54) is 23.1 Å². The van der Waals surface area contributed by atoms with Crippen LogP contribution in [0.2, 0.25) is 5.02 Å². The van der Waals surface area contributed by atoms with Gasteiger partial charge in [-0.15, -0.1) is 0 Å². The number of piperidine rings is 1. The van der Waals surface area contributed by atoms with E-state index in [0.717, 1.165) is 12.8 Å². The largest absolute Gasteiger partial charge is 0.323 e. The summed E-state index contributed by atoms with van der Waals surface area (Å²) in [6, 6.07) is 5.80. The molecule has 0 bridgehead atoms. The van der Waals surface area contributed by atoms with Gasteiger partial charge in [-0.1, -0.05) is 17.7 Å². The molecule has 1 unspecified atom stereocenters. The van der Waals surface area contributed by atoms with Gasteiger partial charge in [0.05, 0.1) is 16.7 Å². The molecule has 1 aliphatic rings. The third kappa shape index (κ3) is 2.32. The van der Waals surface area contributed by atoms with Gasteiger partial charge in [-0.2, -0.15) is 5.26 Å². The molecule has 0 saturated carbocycles. The van der Waals surface area contributed by atoms with Crippen molar-refractivity contribution in [2.24, 2.45) is 0 Å². The van der Waals surface area contributed by atoms with Crippen LogP contribution in [0.25, 0.3) is 0 Å². The Labute approximate surface area is 110 Å². The molecule has 1 aromatic carbocycles. The number of hydrogen-bond acceptors (Lipinski definition) is 2. The fraction of sp³-hybridized carbons (Fsp3) is 0.385. The fourth-order valence-electron chi connectivity index (χ4n) is 2.13. The number of hydrogen-bond donors (Lipinski definition) is 0. The molecule has 1 aliphatic heterocycles. The summed E-state index contributed by atoms with van der Waals surface area (Å²) in [5.41, 5.74) is 0.124. The summed E-state index contributed by atoms with van der Waals surface area (Å²) in [7, 11) is 0. The molecular formula is C13H12ClFN2O. The molecule has 1 aromatic rings. The average Bonchev–Trinajstić information content (AvgIpc) is 2.41. The fourth-order valence-corrected chi connectivity index (χ4v) is 2.34. The predicted molar refractivity (Wildman–Crippen MR) is 65.7 cm³/mol. The van der Waals surface area contributed by atoms with E-state index in [-0.39, 0.29) is 16.5 Å². The van der Waals surface area contributed by atoms with Crippen molar-refractivity contribution in [3.63, 3.8) is 0 Å². The Hall–Kier alpha value is -1.60. The highest BCUT2D eigenvalue weighted by Gasteiger charge is 2.28. The van der Waals surface area contributed by atoms with Gasteiger partial charge in [0.25, 0.3) is 5.91 Å². The van der Waals surface area contributed by atoms with Gasteiger partial charge >= 0.3 is 0 Å². The van der Waals surface area contributed by atoms with Crippen molar-refractivity contribution in [3.8, 4) is 6.07 Å². The molecule has 0 aliphatic carbocycles. The number of nitrogens with zero attached hydrogens (tertiary/aromatic N) is 2. The summed E-state index contributed by atoms with van der Waals surface area (Å²) in [4.78, 5) is 13.7. The van der Waals surface area contributed by atoms with Crippen LogP contribution in [0.5, 0.6) is 0 Å². The van der Waals surface area contributed by atoms with E-state index in [0.29, 0.717) is 13.0 Å². The highest BCUT2D eigenvalue weighted by Crippen LogP contribution is 2.24. The van der Waals surface area contributed by atoms with Crippen LogP contribution in [-0.4, -0.2) is 23.4 Å². The summed E-state index contributed by atoms with van der Waals surface area (Å²) < 4.78 is 13.3. The first-order valence-electron chi connectivity index (χ1n) is 5.79. The van der Waals surface area contributed by atoms with Crippen LogP contribution in [0, 0.1) is 17.1 Å². The zero-order chi connectivity index (χ0) is 13.1. The van der Waals surface area contributed by atoms with Crippen LogP contribution < -0.4 is 0 Å². The lowest BCUT2D eigenvalue weighted by atomic mass is 10.0. The summed E-state index contributed by atoms with van der Waals surface area (Å²) in [5.74, 6) is -0.987. The van der Waals surface area contributed by atoms with E-state index in [1.54, 1.807) is 0 Å². The molecule has 3 nitrogen and oxygen atoms in total. The number of carbonyl (C=O) groups excluding carboxylic acids is 1. The molecule has 94 valence electrons. The van der Waals surface area contributed by atoms with E-state index >= 15 is 0 Å². The second kappa shape index (κ2) is 5.36. The minimum atomic E-state index is -0.618. The van der Waals surface area contributed by atoms with Gasteiger partial charge < -0.3 is 4.90 Å². The summed E-state index contributed by atoms with van der Waals surface area (Å²) in [5, 5.41) is 8.85. The Morgan fingerprint density at radius 3 is 3.00 bits per heavy atom. The number of rotatable bonds is 1. The number of halogens is 2. The molecular weight excluding hydrogens is 255 g/mol. The summed E-state index contributed by atoms with van der Waals surface area (Å²) in [6.07, 6.45) is 2.45. The Balaban J connectivity index is 2.30. The molecule has 1 fully saturated rings. The quantitative estimate of drug-likeness (QED) is 0.784. The molecule has 1 saturated heterocycles. The van der Waals surface area contributed by atoms with Crippen LogP contribution in [0.15, 0.2) is 18.2 Å². The molecule has 0 aromatic heterocycles. The molecule has 1 atom stereocenters. The molecule has 0 N–H and O–H groups in total. The van der Waals surface area contributed by atoms with Crippen molar-refractivity contribution in [1.29, 1.82) is 5.26 Å². The van der Waals surface area contributed by atoms with E-state index in [1.807, 2.05) is 0 Å². The monoisotopic (exact) mass is 266 g/mol. The minimum absolute atomic E-state index is 0.124. The smallest absolute Gasteiger partial charge is 0.256 e. The minimum Gasteiger partial charge on any atom is -0.323 e. The summed E-state index contributed by atoms with van der Waals surface area (Å²) >= 11 is 5.79. The average molecular weight is 267 g/mol. The lowest BCUT2D eigenvalue weighted by Gasteiger charge is -2.31. The zero-order valence-corrected chi connectivity index (χ0v) is 10.5. The number of carbonyl (C=O) groups is 1. The van der Waals surface area contributed by atoms with Gasteiger partial charge in [-0.3, -0.25) is 4.79 Å². The maximum absolute atomic E-state index is 13.3. The molecule has 2 rings (SSSR count). The van der Waals surface area contributed by atoms with Crippen LogP contribution in [-0.2, 0) is 0 Å². The van der Waals surface area contributed by atoms with Crippen molar-refractivity contribution < 1.29 is 9.18 Å². The third-order valence-electron chi connectivity index (χ3n) is 3.09. The second-order valence-electron chi connectivity index (χ2n) is 4.24. The maximum atomic E-state index is 13.3. The number of amides is 1. The number of likely N-dealkylation sites (tertiary alicyclic amines) is 1. The molecule has 1 heterocycles. The molecule has 0 radical (unpaired) electrons. The van der Waals surface area contributed by atoms with Gasteiger partial charge in [0.1, 0.15) is 11.9 Å². The van der Waals surface area contributed by atoms with Gasteiger partial charge in [0.15, 0.2) is 0 Å². The maximum Gasteiger partial charge on any atom is 0.256 e. The van der Waals surface area contributed by atoms with E-state index in [9.17, 15) is 9.18 Å². The van der Waals surface area contributed by atoms with Gasteiger partial charge in [-0.25, -0.2) is 4.39 Å². The van der Waals surface area contributed by atoms with E-state index in [4.69, 9.17) is 16.9 Å². The zero-order valence-electron chi connectivity index (χ0n) is 9.70. The van der Waals surface area contributed by atoms with Gasteiger partial charge in [-0.05, 0) is 31.4 Å². The normalized spacial score (nSPS) is 19.4. The lowest BCUT2D eigenvalue weighted by molar-refractivity contribution is 0.0670. The molecule has 0 spiro atoms. The van der Waals surface area contributed by atoms with Crippen LogP contribution in [0.4, 0.5) is 4.39 Å². The third-order valence-corrected chi connectivity index (χ3v) is 3.48. The van der Waals surface area contributed by atoms with E-state index in [2.05, 4.69) is 6.07 Å². The Morgan fingerprint density at radius 2 is 2.28 bits per heavy atom. The number of nitriles is 1. The second-order valence-corrected chi connectivity index (χ2v) is 4.62. The SMILES string of the molecule is N#CC1CCCCN1C(=O)c1cccc(F)c1Cl. The standard InChI is InChI=1S/C13H12ClFN2O/c14-12-10(5-3-6-11(12)15)13(18)17-7-2-1-4-9(17)8-16/h3,5-6,9H,1-2,4,7H2. The molecule has 18 heavy (non-hydrogen) atoms. The highest BCUT2D eigenvalue weighted by atomic mass is 35.5. The highest BCUT2D eigenvalue weighted by molar-refractivity contribution is 6.34. The Kier molecular flexibility index (Phi) is 3.83. The topological polar surface area (TPSA) is 44.1 Å².